The Morgan fingerprint density at radius 1 is 1.31 bits per heavy atom. The van der Waals surface area contributed by atoms with Gasteiger partial charge in [0.1, 0.15) is 5.41 Å². The van der Waals surface area contributed by atoms with Gasteiger partial charge in [-0.2, -0.15) is 0 Å². The Morgan fingerprint density at radius 2 is 1.81 bits per heavy atom. The molecule has 0 radical (unpaired) electrons. The molecule has 1 fully saturated rings. The van der Waals surface area contributed by atoms with Crippen molar-refractivity contribution in [2.45, 2.75) is 26.7 Å². The molecule has 1 rings (SSSR count). The predicted molar refractivity (Wildman–Crippen MR) is 57.8 cm³/mol. The zero-order chi connectivity index (χ0) is 12.3. The monoisotopic (exact) mass is 229 g/mol. The molecule has 1 heterocycles. The second-order valence-electron chi connectivity index (χ2n) is 4.85. The molecule has 2 N–H and O–H groups in total. The largest absolute Gasteiger partial charge is 0.480 e. The molecular weight excluding hydrogens is 210 g/mol. The van der Waals surface area contributed by atoms with Crippen LogP contribution in [0.3, 0.4) is 0 Å². The molecule has 5 nitrogen and oxygen atoms in total. The number of hydrogen-bond donors (Lipinski definition) is 2. The number of carbonyl (C=O) groups is 2. The fraction of sp³-hybridized carbons (Fsp3) is 0.818. The molecule has 1 amide bonds. The number of carboxylic acids is 1. The Balaban J connectivity index is 2.60. The summed E-state index contributed by atoms with van der Waals surface area (Å²) in [6.45, 7) is 4.08. The van der Waals surface area contributed by atoms with Gasteiger partial charge in [0.25, 0.3) is 0 Å². The molecular formula is C11H19NO4. The first-order valence-electron chi connectivity index (χ1n) is 5.53. The van der Waals surface area contributed by atoms with Crippen LogP contribution in [0.5, 0.6) is 0 Å². The van der Waals surface area contributed by atoms with Gasteiger partial charge in [-0.05, 0) is 32.6 Å². The summed E-state index contributed by atoms with van der Waals surface area (Å²) in [4.78, 5) is 24.5. The van der Waals surface area contributed by atoms with Gasteiger partial charge in [-0.1, -0.05) is 0 Å². The predicted octanol–water partition coefficient (Wildman–Crippen LogP) is 0.328. The molecule has 0 saturated carbocycles. The minimum Gasteiger partial charge on any atom is -0.480 e. The number of piperidine rings is 1. The van der Waals surface area contributed by atoms with E-state index in [0.29, 0.717) is 13.1 Å². The fourth-order valence-corrected chi connectivity index (χ4v) is 1.81. The molecule has 0 spiro atoms. The summed E-state index contributed by atoms with van der Waals surface area (Å²) < 4.78 is 0. The molecule has 0 aromatic rings. The van der Waals surface area contributed by atoms with Crippen LogP contribution in [0.25, 0.3) is 0 Å². The molecule has 5 heteroatoms. The van der Waals surface area contributed by atoms with Crippen molar-refractivity contribution in [2.24, 2.45) is 11.3 Å². The van der Waals surface area contributed by atoms with E-state index < -0.39 is 11.4 Å². The lowest BCUT2D eigenvalue weighted by Crippen LogP contribution is -2.48. The summed E-state index contributed by atoms with van der Waals surface area (Å²) in [6.07, 6.45) is 1.50. The minimum atomic E-state index is -1.36. The van der Waals surface area contributed by atoms with Gasteiger partial charge < -0.3 is 15.1 Å². The average Bonchev–Trinajstić information content (AvgIpc) is 2.28. The maximum atomic E-state index is 11.9. The number of carbonyl (C=O) groups excluding carboxylic acids is 1. The highest BCUT2D eigenvalue weighted by atomic mass is 16.4. The Morgan fingerprint density at radius 3 is 2.19 bits per heavy atom. The first kappa shape index (κ1) is 13.0. The molecule has 0 aromatic carbocycles. The molecule has 0 atom stereocenters. The average molecular weight is 229 g/mol. The van der Waals surface area contributed by atoms with Crippen LogP contribution in [-0.2, 0) is 9.59 Å². The molecule has 0 aliphatic carbocycles. The second-order valence-corrected chi connectivity index (χ2v) is 4.85. The first-order valence-corrected chi connectivity index (χ1v) is 5.53. The lowest BCUT2D eigenvalue weighted by atomic mass is 9.89. The number of aliphatic hydroxyl groups excluding tert-OH is 1. The standard InChI is InChI=1S/C11H19NO4/c1-11(2,10(15)16)9(14)12-5-3-8(7-13)4-6-12/h8,13H,3-7H2,1-2H3,(H,15,16). The summed E-state index contributed by atoms with van der Waals surface area (Å²) in [5.41, 5.74) is -1.36. The second kappa shape index (κ2) is 4.82. The number of aliphatic carboxylic acids is 1. The van der Waals surface area contributed by atoms with E-state index in [1.54, 1.807) is 4.90 Å². The zero-order valence-electron chi connectivity index (χ0n) is 9.77. The summed E-state index contributed by atoms with van der Waals surface area (Å²) in [5, 5.41) is 17.9. The number of nitrogens with zero attached hydrogens (tertiary/aromatic N) is 1. The maximum absolute atomic E-state index is 11.9. The van der Waals surface area contributed by atoms with Crippen LogP contribution in [0, 0.1) is 11.3 Å². The molecule has 16 heavy (non-hydrogen) atoms. The van der Waals surface area contributed by atoms with Gasteiger partial charge in [0, 0.05) is 19.7 Å². The van der Waals surface area contributed by atoms with E-state index in [1.807, 2.05) is 0 Å². The Kier molecular flexibility index (Phi) is 3.91. The fourth-order valence-electron chi connectivity index (χ4n) is 1.81. The van der Waals surface area contributed by atoms with Crippen LogP contribution < -0.4 is 0 Å². The normalized spacial score (nSPS) is 18.6. The number of carboxylic acid groups (broad SMARTS) is 1. The van der Waals surface area contributed by atoms with Crippen LogP contribution in [0.2, 0.25) is 0 Å². The van der Waals surface area contributed by atoms with Crippen molar-refractivity contribution in [2.75, 3.05) is 19.7 Å². The van der Waals surface area contributed by atoms with Crippen LogP contribution in [0.4, 0.5) is 0 Å². The van der Waals surface area contributed by atoms with Crippen molar-refractivity contribution in [1.82, 2.24) is 4.90 Å². The van der Waals surface area contributed by atoms with E-state index in [2.05, 4.69) is 0 Å². The van der Waals surface area contributed by atoms with E-state index in [0.717, 1.165) is 12.8 Å². The third kappa shape index (κ3) is 2.52. The molecule has 92 valence electrons. The molecule has 0 bridgehead atoms. The third-order valence-corrected chi connectivity index (χ3v) is 3.23. The number of hydrogen-bond acceptors (Lipinski definition) is 3. The van der Waals surface area contributed by atoms with Gasteiger partial charge in [0.15, 0.2) is 0 Å². The molecule has 1 aliphatic heterocycles. The van der Waals surface area contributed by atoms with Crippen molar-refractivity contribution in [3.8, 4) is 0 Å². The highest BCUT2D eigenvalue weighted by Gasteiger charge is 2.40. The van der Waals surface area contributed by atoms with E-state index in [9.17, 15) is 9.59 Å². The minimum absolute atomic E-state index is 0.143. The van der Waals surface area contributed by atoms with Gasteiger partial charge in [-0.3, -0.25) is 9.59 Å². The van der Waals surface area contributed by atoms with E-state index in [-0.39, 0.29) is 18.4 Å². The summed E-state index contributed by atoms with van der Waals surface area (Å²) >= 11 is 0. The van der Waals surface area contributed by atoms with Crippen molar-refractivity contribution in [3.05, 3.63) is 0 Å². The quantitative estimate of drug-likeness (QED) is 0.683. The van der Waals surface area contributed by atoms with Crippen molar-refractivity contribution in [1.29, 1.82) is 0 Å². The van der Waals surface area contributed by atoms with Gasteiger partial charge in [-0.25, -0.2) is 0 Å². The summed E-state index contributed by atoms with van der Waals surface area (Å²) in [7, 11) is 0. The Bertz CT molecular complexity index is 280. The molecule has 1 saturated heterocycles. The molecule has 0 unspecified atom stereocenters. The lowest BCUT2D eigenvalue weighted by molar-refractivity contribution is -0.159. The molecule has 0 aromatic heterocycles. The smallest absolute Gasteiger partial charge is 0.318 e. The van der Waals surface area contributed by atoms with Crippen LogP contribution in [-0.4, -0.2) is 46.7 Å². The maximum Gasteiger partial charge on any atom is 0.318 e. The van der Waals surface area contributed by atoms with Crippen molar-refractivity contribution >= 4 is 11.9 Å². The molecule has 1 aliphatic rings. The van der Waals surface area contributed by atoms with Gasteiger partial charge >= 0.3 is 5.97 Å². The van der Waals surface area contributed by atoms with Gasteiger partial charge in [0.2, 0.25) is 5.91 Å². The van der Waals surface area contributed by atoms with E-state index in [4.69, 9.17) is 10.2 Å². The van der Waals surface area contributed by atoms with Crippen molar-refractivity contribution < 1.29 is 19.8 Å². The summed E-state index contributed by atoms with van der Waals surface area (Å²) in [6, 6.07) is 0. The Labute approximate surface area is 95.1 Å². The Hall–Kier alpha value is -1.10. The van der Waals surface area contributed by atoms with Gasteiger partial charge in [-0.15, -0.1) is 0 Å². The highest BCUT2D eigenvalue weighted by Crippen LogP contribution is 2.24. The number of rotatable bonds is 3. The number of amides is 1. The first-order chi connectivity index (χ1) is 7.39. The van der Waals surface area contributed by atoms with E-state index >= 15 is 0 Å². The number of aliphatic hydroxyl groups is 1. The van der Waals surface area contributed by atoms with Crippen LogP contribution in [0.15, 0.2) is 0 Å². The van der Waals surface area contributed by atoms with Crippen LogP contribution in [0.1, 0.15) is 26.7 Å². The number of likely N-dealkylation sites (tertiary alicyclic amines) is 1. The third-order valence-electron chi connectivity index (χ3n) is 3.23. The van der Waals surface area contributed by atoms with Crippen LogP contribution >= 0.6 is 0 Å². The highest BCUT2D eigenvalue weighted by molar-refractivity contribution is 6.00. The lowest BCUT2D eigenvalue weighted by Gasteiger charge is -2.34. The van der Waals surface area contributed by atoms with Crippen molar-refractivity contribution in [3.63, 3.8) is 0 Å². The topological polar surface area (TPSA) is 77.8 Å². The summed E-state index contributed by atoms with van der Waals surface area (Å²) in [5.74, 6) is -1.19. The van der Waals surface area contributed by atoms with E-state index in [1.165, 1.54) is 13.8 Å². The zero-order valence-corrected chi connectivity index (χ0v) is 9.77. The van der Waals surface area contributed by atoms with Gasteiger partial charge in [0.05, 0.1) is 0 Å². The SMILES string of the molecule is CC(C)(C(=O)O)C(=O)N1CCC(CO)CC1.